The molecule has 0 saturated heterocycles. The van der Waals surface area contributed by atoms with Crippen molar-refractivity contribution in [3.8, 4) is 0 Å². The van der Waals surface area contributed by atoms with E-state index in [2.05, 4.69) is 19.1 Å². The molecule has 0 aromatic carbocycles. The summed E-state index contributed by atoms with van der Waals surface area (Å²) in [5, 5.41) is 30.5. The molecule has 2 N–H and O–H groups in total. The predicted octanol–water partition coefficient (Wildman–Crippen LogP) is 6.84. The quantitative estimate of drug-likeness (QED) is 0.0608. The van der Waals surface area contributed by atoms with Gasteiger partial charge in [0, 0.05) is 18.3 Å². The van der Waals surface area contributed by atoms with Gasteiger partial charge in [-0.15, -0.1) is 0 Å². The van der Waals surface area contributed by atoms with Gasteiger partial charge in [0.2, 0.25) is 0 Å². The van der Waals surface area contributed by atoms with E-state index in [9.17, 15) is 29.7 Å². The number of quaternary nitrogens is 1. The molecule has 0 aromatic rings. The molecule has 0 spiro atoms. The average Bonchev–Trinajstić information content (AvgIpc) is 2.89. The summed E-state index contributed by atoms with van der Waals surface area (Å²) in [7, 11) is 0. The highest BCUT2D eigenvalue weighted by atomic mass is 16.4. The summed E-state index contributed by atoms with van der Waals surface area (Å²) in [6, 6.07) is 0. The molecule has 0 radical (unpaired) electrons. The van der Waals surface area contributed by atoms with Crippen molar-refractivity contribution in [2.24, 2.45) is 17.8 Å². The highest BCUT2D eigenvalue weighted by Crippen LogP contribution is 2.21. The summed E-state index contributed by atoms with van der Waals surface area (Å²) in [5.41, 5.74) is 0. The van der Waals surface area contributed by atoms with E-state index in [1.807, 2.05) is 0 Å². The number of carbonyl (C=O) groups is 3. The van der Waals surface area contributed by atoms with Gasteiger partial charge in [-0.3, -0.25) is 9.59 Å². The first-order valence-electron chi connectivity index (χ1n) is 16.2. The number of rotatable bonds is 28. The Bertz CT molecular complexity index is 652. The van der Waals surface area contributed by atoms with E-state index in [-0.39, 0.29) is 24.1 Å². The molecule has 0 bridgehead atoms. The Labute approximate surface area is 245 Å². The van der Waals surface area contributed by atoms with Gasteiger partial charge in [0.25, 0.3) is 0 Å². The summed E-state index contributed by atoms with van der Waals surface area (Å²) in [6.07, 6.45) is 25.8. The first kappa shape index (κ1) is 38.1. The Balaban J connectivity index is 4.37. The average molecular weight is 568 g/mol. The number of nitrogens with zero attached hydrogens (tertiary/aromatic N) is 1. The second-order valence-electron chi connectivity index (χ2n) is 12.3. The molecule has 7 heteroatoms. The number of allylic oxidation sites excluding steroid dienone is 2. The largest absolute Gasteiger partial charge is 0.550 e. The van der Waals surface area contributed by atoms with Crippen LogP contribution in [0.5, 0.6) is 0 Å². The minimum Gasteiger partial charge on any atom is -0.550 e. The van der Waals surface area contributed by atoms with Crippen LogP contribution in [0.1, 0.15) is 137 Å². The van der Waals surface area contributed by atoms with Gasteiger partial charge in [-0.1, -0.05) is 109 Å². The normalized spacial score (nSPS) is 15.5. The van der Waals surface area contributed by atoms with Crippen LogP contribution in [0.2, 0.25) is 0 Å². The van der Waals surface area contributed by atoms with Crippen LogP contribution in [-0.4, -0.2) is 58.8 Å². The lowest BCUT2D eigenvalue weighted by Crippen LogP contribution is -2.58. The van der Waals surface area contributed by atoms with Gasteiger partial charge in [0.1, 0.15) is 11.8 Å². The fraction of sp³-hybridized carbons (Fsp3) is 0.848. The molecule has 0 amide bonds. The molecule has 0 heterocycles. The van der Waals surface area contributed by atoms with Gasteiger partial charge in [-0.2, -0.15) is 0 Å². The number of carboxylic acid groups (broad SMARTS) is 3. The fourth-order valence-corrected chi connectivity index (χ4v) is 5.71. The predicted molar refractivity (Wildman–Crippen MR) is 161 cm³/mol. The van der Waals surface area contributed by atoms with E-state index < -0.39 is 35.7 Å². The maximum Gasteiger partial charge on any atom is 0.311 e. The number of hydrogen-bond donors (Lipinski definition) is 2. The van der Waals surface area contributed by atoms with Gasteiger partial charge in [-0.05, 0) is 33.1 Å². The molecular formula is C33H61NO6. The smallest absolute Gasteiger partial charge is 0.311 e. The third-order valence-electron chi connectivity index (χ3n) is 8.12. The minimum absolute atomic E-state index is 0.156. The second kappa shape index (κ2) is 23.8. The molecule has 0 aliphatic heterocycles. The van der Waals surface area contributed by atoms with Gasteiger partial charge in [-0.25, -0.2) is 0 Å². The van der Waals surface area contributed by atoms with Crippen molar-refractivity contribution in [3.63, 3.8) is 0 Å². The van der Waals surface area contributed by atoms with Crippen LogP contribution >= 0.6 is 0 Å². The van der Waals surface area contributed by atoms with E-state index >= 15 is 0 Å². The molecule has 0 rings (SSSR count). The molecule has 0 aromatic heterocycles. The number of aliphatic carboxylic acids is 3. The zero-order chi connectivity index (χ0) is 30.2. The topological polar surface area (TPSA) is 115 Å². The van der Waals surface area contributed by atoms with Gasteiger partial charge < -0.3 is 24.6 Å². The number of carbonyl (C=O) groups excluding carboxylic acids is 1. The van der Waals surface area contributed by atoms with Crippen molar-refractivity contribution in [2.75, 3.05) is 26.2 Å². The Morgan fingerprint density at radius 2 is 0.950 bits per heavy atom. The van der Waals surface area contributed by atoms with E-state index in [4.69, 9.17) is 0 Å². The lowest BCUT2D eigenvalue weighted by Gasteiger charge is -2.43. The maximum atomic E-state index is 11.6. The molecule has 0 saturated carbocycles. The standard InChI is InChI=1S/C33H61NO6/c1-5-6-7-8-9-10-11-12-13-14-15-16-17-18-19-20-21-22-23-24-34(25-28(2)31(35)36,26-29(3)32(37)38)27-30(4)33(39)40/h20-21,28-30H,5-19,22-27H2,1-4H3,(H2-,35,36,37,38,39,40)/b21-20+. The van der Waals surface area contributed by atoms with Gasteiger partial charge in [0.05, 0.1) is 26.2 Å². The van der Waals surface area contributed by atoms with Crippen molar-refractivity contribution in [3.05, 3.63) is 12.2 Å². The van der Waals surface area contributed by atoms with Crippen LogP contribution in [0.3, 0.4) is 0 Å². The molecule has 3 atom stereocenters. The van der Waals surface area contributed by atoms with E-state index in [0.29, 0.717) is 6.54 Å². The zero-order valence-electron chi connectivity index (χ0n) is 26.2. The molecule has 3 unspecified atom stereocenters. The van der Waals surface area contributed by atoms with Crippen molar-refractivity contribution in [1.82, 2.24) is 0 Å². The molecule has 234 valence electrons. The summed E-state index contributed by atoms with van der Waals surface area (Å²) < 4.78 is 0.156. The van der Waals surface area contributed by atoms with Crippen LogP contribution in [0, 0.1) is 17.8 Å². The van der Waals surface area contributed by atoms with Crippen LogP contribution in [-0.2, 0) is 14.4 Å². The third kappa shape index (κ3) is 20.1. The van der Waals surface area contributed by atoms with Crippen LogP contribution in [0.15, 0.2) is 12.2 Å². The first-order valence-corrected chi connectivity index (χ1v) is 16.2. The Morgan fingerprint density at radius 1 is 0.600 bits per heavy atom. The molecule has 0 fully saturated rings. The first-order chi connectivity index (χ1) is 19.0. The molecular weight excluding hydrogens is 506 g/mol. The summed E-state index contributed by atoms with van der Waals surface area (Å²) in [6.45, 7) is 8.12. The third-order valence-corrected chi connectivity index (χ3v) is 8.12. The van der Waals surface area contributed by atoms with Gasteiger partial charge in [0.15, 0.2) is 0 Å². The van der Waals surface area contributed by atoms with Crippen molar-refractivity contribution < 1.29 is 34.2 Å². The molecule has 7 nitrogen and oxygen atoms in total. The van der Waals surface area contributed by atoms with Crippen LogP contribution < -0.4 is 5.11 Å². The molecule has 0 aliphatic rings. The minimum atomic E-state index is -1.19. The zero-order valence-corrected chi connectivity index (χ0v) is 26.2. The monoisotopic (exact) mass is 567 g/mol. The summed E-state index contributed by atoms with van der Waals surface area (Å²) in [4.78, 5) is 34.7. The van der Waals surface area contributed by atoms with Crippen molar-refractivity contribution >= 4 is 17.9 Å². The highest BCUT2D eigenvalue weighted by molar-refractivity contribution is 5.70. The van der Waals surface area contributed by atoms with Crippen molar-refractivity contribution in [2.45, 2.75) is 137 Å². The second-order valence-corrected chi connectivity index (χ2v) is 12.3. The number of unbranched alkanes of at least 4 members (excludes halogenated alkanes) is 15. The van der Waals surface area contributed by atoms with Crippen LogP contribution in [0.25, 0.3) is 0 Å². The summed E-state index contributed by atoms with van der Waals surface area (Å²) in [5.74, 6) is -5.31. The maximum absolute atomic E-state index is 11.6. The lowest BCUT2D eigenvalue weighted by molar-refractivity contribution is -0.934. The fourth-order valence-electron chi connectivity index (χ4n) is 5.71. The number of hydrogen-bond acceptors (Lipinski definition) is 4. The van der Waals surface area contributed by atoms with Crippen molar-refractivity contribution in [1.29, 1.82) is 0 Å². The van der Waals surface area contributed by atoms with Gasteiger partial charge >= 0.3 is 11.9 Å². The molecule has 0 aliphatic carbocycles. The SMILES string of the molecule is CCCCCCCCCCCCCCCC/C=C/CCC[N+](CC(C)C(=O)[O-])(CC(C)C(=O)O)CC(C)C(=O)O. The van der Waals surface area contributed by atoms with E-state index in [1.54, 1.807) is 20.8 Å². The highest BCUT2D eigenvalue weighted by Gasteiger charge is 2.36. The summed E-state index contributed by atoms with van der Waals surface area (Å²) >= 11 is 0. The van der Waals surface area contributed by atoms with E-state index in [1.165, 1.54) is 89.9 Å². The lowest BCUT2D eigenvalue weighted by atomic mass is 10.0. The Morgan fingerprint density at radius 3 is 1.32 bits per heavy atom. The Hall–Kier alpha value is -1.89. The van der Waals surface area contributed by atoms with E-state index in [0.717, 1.165) is 19.3 Å². The Kier molecular flexibility index (Phi) is 22.7. The molecule has 40 heavy (non-hydrogen) atoms. The van der Waals surface area contributed by atoms with Crippen LogP contribution in [0.4, 0.5) is 0 Å². The number of carboxylic acids is 3.